The Bertz CT molecular complexity index is 922. The maximum absolute atomic E-state index is 5.27. The lowest BCUT2D eigenvalue weighted by Gasteiger charge is -1.99. The Balaban J connectivity index is 1.45. The van der Waals surface area contributed by atoms with Crippen molar-refractivity contribution in [3.8, 4) is 0 Å². The van der Waals surface area contributed by atoms with Crippen molar-refractivity contribution in [3.05, 3.63) is 54.6 Å². The van der Waals surface area contributed by atoms with Crippen molar-refractivity contribution in [2.75, 3.05) is 5.32 Å². The van der Waals surface area contributed by atoms with E-state index >= 15 is 0 Å². The lowest BCUT2D eigenvalue weighted by Crippen LogP contribution is -1.96. The van der Waals surface area contributed by atoms with E-state index in [9.17, 15) is 0 Å². The van der Waals surface area contributed by atoms with Gasteiger partial charge in [-0.1, -0.05) is 23.5 Å². The number of hydrogen-bond donors (Lipinski definition) is 1. The molecule has 0 aliphatic carbocycles. The first kappa shape index (κ1) is 14.2. The molecule has 4 aromatic rings. The largest absolute Gasteiger partial charge is 0.467 e. The van der Waals surface area contributed by atoms with Crippen LogP contribution in [0.3, 0.4) is 0 Å². The predicted octanol–water partition coefficient (Wildman–Crippen LogP) is 3.84. The van der Waals surface area contributed by atoms with E-state index in [-0.39, 0.29) is 0 Å². The summed E-state index contributed by atoms with van der Waals surface area (Å²) >= 11 is 2.93. The van der Waals surface area contributed by atoms with Crippen molar-refractivity contribution >= 4 is 39.3 Å². The van der Waals surface area contributed by atoms with E-state index in [1.807, 2.05) is 36.4 Å². The molecule has 0 bridgehead atoms. The van der Waals surface area contributed by atoms with Gasteiger partial charge in [0.05, 0.1) is 30.0 Å². The third-order valence-electron chi connectivity index (χ3n) is 3.02. The monoisotopic (exact) mass is 341 g/mol. The lowest BCUT2D eigenvalue weighted by atomic mass is 10.3. The summed E-state index contributed by atoms with van der Waals surface area (Å²) in [4.78, 5) is 8.97. The maximum atomic E-state index is 5.27. The van der Waals surface area contributed by atoms with E-state index in [1.54, 1.807) is 12.5 Å². The molecule has 0 amide bonds. The van der Waals surface area contributed by atoms with Gasteiger partial charge in [0.25, 0.3) is 0 Å². The maximum Gasteiger partial charge on any atom is 0.206 e. The summed E-state index contributed by atoms with van der Waals surface area (Å²) in [5, 5.41) is 13.0. The van der Waals surface area contributed by atoms with Crippen LogP contribution in [0.15, 0.2) is 62.6 Å². The van der Waals surface area contributed by atoms with Gasteiger partial charge in [0.2, 0.25) is 5.13 Å². The van der Waals surface area contributed by atoms with Crippen LogP contribution in [0.1, 0.15) is 5.76 Å². The van der Waals surface area contributed by atoms with Crippen LogP contribution in [0, 0.1) is 0 Å². The Hall–Kier alpha value is -2.45. The second kappa shape index (κ2) is 6.35. The lowest BCUT2D eigenvalue weighted by molar-refractivity contribution is 0.518. The van der Waals surface area contributed by atoms with Crippen molar-refractivity contribution in [2.45, 2.75) is 15.9 Å². The average molecular weight is 341 g/mol. The summed E-state index contributed by atoms with van der Waals surface area (Å²) < 4.78 is 6.09. The number of para-hydroxylation sites is 2. The predicted molar refractivity (Wildman–Crippen MR) is 89.6 cm³/mol. The quantitative estimate of drug-likeness (QED) is 0.591. The molecule has 0 unspecified atom stereocenters. The van der Waals surface area contributed by atoms with Crippen LogP contribution in [-0.4, -0.2) is 20.2 Å². The summed E-state index contributed by atoms with van der Waals surface area (Å²) in [6.07, 6.45) is 3.40. The zero-order chi connectivity index (χ0) is 15.5. The Kier molecular flexibility index (Phi) is 3.91. The molecule has 4 rings (SSSR count). The van der Waals surface area contributed by atoms with Gasteiger partial charge in [-0.3, -0.25) is 4.98 Å². The zero-order valence-corrected chi connectivity index (χ0v) is 13.5. The molecule has 0 atom stereocenters. The van der Waals surface area contributed by atoms with E-state index in [1.165, 1.54) is 23.1 Å². The summed E-state index contributed by atoms with van der Waals surface area (Å²) in [5.41, 5.74) is 1.76. The minimum Gasteiger partial charge on any atom is -0.467 e. The van der Waals surface area contributed by atoms with Crippen LogP contribution in [0.5, 0.6) is 0 Å². The highest BCUT2D eigenvalue weighted by Crippen LogP contribution is 2.31. The number of furan rings is 1. The second-order valence-electron chi connectivity index (χ2n) is 4.61. The standard InChI is InChI=1S/C15H11N5OS2/c1-2-6-12-11(5-1)16-9-13(18-12)22-15-20-19-14(23-15)17-8-10-4-3-7-21-10/h1-7,9H,8H2,(H,17,19). The number of nitrogens with zero attached hydrogens (tertiary/aromatic N) is 4. The van der Waals surface area contributed by atoms with Crippen LogP contribution >= 0.6 is 23.1 Å². The number of fused-ring (bicyclic) bond motifs is 1. The minimum atomic E-state index is 0.585. The summed E-state index contributed by atoms with van der Waals surface area (Å²) in [6, 6.07) is 11.6. The van der Waals surface area contributed by atoms with Crippen molar-refractivity contribution < 1.29 is 4.42 Å². The molecule has 0 aliphatic heterocycles. The van der Waals surface area contributed by atoms with Crippen molar-refractivity contribution in [3.63, 3.8) is 0 Å². The highest BCUT2D eigenvalue weighted by Gasteiger charge is 2.08. The van der Waals surface area contributed by atoms with E-state index in [2.05, 4.69) is 25.5 Å². The van der Waals surface area contributed by atoms with Gasteiger partial charge in [-0.25, -0.2) is 4.98 Å². The Labute approximate surface area is 140 Å². The number of benzene rings is 1. The van der Waals surface area contributed by atoms with E-state index in [0.29, 0.717) is 6.54 Å². The molecule has 0 saturated heterocycles. The van der Waals surface area contributed by atoms with E-state index < -0.39 is 0 Å². The van der Waals surface area contributed by atoms with Gasteiger partial charge in [0.1, 0.15) is 10.8 Å². The molecular formula is C15H11N5OS2. The Morgan fingerprint density at radius 1 is 1.09 bits per heavy atom. The minimum absolute atomic E-state index is 0.585. The molecule has 8 heteroatoms. The van der Waals surface area contributed by atoms with Crippen molar-refractivity contribution in [1.82, 2.24) is 20.2 Å². The van der Waals surface area contributed by atoms with Gasteiger partial charge in [-0.2, -0.15) is 0 Å². The smallest absolute Gasteiger partial charge is 0.206 e. The third kappa shape index (κ3) is 3.33. The van der Waals surface area contributed by atoms with Crippen molar-refractivity contribution in [2.24, 2.45) is 0 Å². The summed E-state index contributed by atoms with van der Waals surface area (Å²) in [5.74, 6) is 0.856. The van der Waals surface area contributed by atoms with Gasteiger partial charge in [-0.15, -0.1) is 10.2 Å². The van der Waals surface area contributed by atoms with E-state index in [4.69, 9.17) is 4.42 Å². The average Bonchev–Trinajstić information content (AvgIpc) is 3.24. The van der Waals surface area contributed by atoms with Gasteiger partial charge in [-0.05, 0) is 36.0 Å². The van der Waals surface area contributed by atoms with Gasteiger partial charge >= 0.3 is 0 Å². The molecule has 0 spiro atoms. The first-order valence-corrected chi connectivity index (χ1v) is 8.49. The SMILES string of the molecule is c1coc(CNc2nnc(Sc3cnc4ccccc4n3)s2)c1. The third-order valence-corrected chi connectivity index (χ3v) is 4.86. The Morgan fingerprint density at radius 2 is 2.00 bits per heavy atom. The first-order valence-electron chi connectivity index (χ1n) is 6.86. The Morgan fingerprint density at radius 3 is 2.87 bits per heavy atom. The molecular weight excluding hydrogens is 330 g/mol. The number of rotatable bonds is 5. The number of aromatic nitrogens is 4. The second-order valence-corrected chi connectivity index (χ2v) is 6.85. The van der Waals surface area contributed by atoms with Crippen LogP contribution in [-0.2, 0) is 6.54 Å². The molecule has 0 fully saturated rings. The number of anilines is 1. The van der Waals surface area contributed by atoms with Crippen LogP contribution in [0.4, 0.5) is 5.13 Å². The molecule has 6 nitrogen and oxygen atoms in total. The normalized spacial score (nSPS) is 11.0. The number of nitrogens with one attached hydrogen (secondary N) is 1. The van der Waals surface area contributed by atoms with Gasteiger partial charge in [0.15, 0.2) is 4.34 Å². The first-order chi connectivity index (χ1) is 11.4. The fourth-order valence-electron chi connectivity index (χ4n) is 1.98. The molecule has 114 valence electrons. The molecule has 23 heavy (non-hydrogen) atoms. The van der Waals surface area contributed by atoms with Crippen LogP contribution in [0.2, 0.25) is 0 Å². The van der Waals surface area contributed by atoms with Crippen LogP contribution in [0.25, 0.3) is 11.0 Å². The highest BCUT2D eigenvalue weighted by atomic mass is 32.2. The zero-order valence-electron chi connectivity index (χ0n) is 11.8. The van der Waals surface area contributed by atoms with Gasteiger partial charge in [0, 0.05) is 0 Å². The fourth-order valence-corrected chi connectivity index (χ4v) is 3.62. The molecule has 0 saturated carbocycles. The molecule has 0 aliphatic rings. The van der Waals surface area contributed by atoms with Crippen LogP contribution < -0.4 is 5.32 Å². The molecule has 3 heterocycles. The van der Waals surface area contributed by atoms with E-state index in [0.717, 1.165) is 31.3 Å². The highest BCUT2D eigenvalue weighted by molar-refractivity contribution is 8.01. The number of hydrogen-bond acceptors (Lipinski definition) is 8. The molecule has 1 aromatic carbocycles. The summed E-state index contributed by atoms with van der Waals surface area (Å²) in [7, 11) is 0. The molecule has 0 radical (unpaired) electrons. The van der Waals surface area contributed by atoms with Crippen molar-refractivity contribution in [1.29, 1.82) is 0 Å². The fraction of sp³-hybridized carbons (Fsp3) is 0.0667. The topological polar surface area (TPSA) is 76.7 Å². The summed E-state index contributed by atoms with van der Waals surface area (Å²) in [6.45, 7) is 0.585. The van der Waals surface area contributed by atoms with Gasteiger partial charge < -0.3 is 9.73 Å². The molecule has 1 N–H and O–H groups in total. The molecule has 3 aromatic heterocycles.